The van der Waals surface area contributed by atoms with Crippen molar-refractivity contribution in [2.45, 2.75) is 61.6 Å². The molecule has 1 aliphatic carbocycles. The van der Waals surface area contributed by atoms with Gasteiger partial charge < -0.3 is 15.1 Å². The molecule has 0 bridgehead atoms. The van der Waals surface area contributed by atoms with E-state index in [9.17, 15) is 14.4 Å². The summed E-state index contributed by atoms with van der Waals surface area (Å²) in [6, 6.07) is 4.00. The molecule has 1 saturated carbocycles. The third kappa shape index (κ3) is 5.95. The molecule has 0 radical (unpaired) electrons. The number of thiazole rings is 1. The molecule has 1 aromatic carbocycles. The van der Waals surface area contributed by atoms with E-state index in [0.29, 0.717) is 30.3 Å². The van der Waals surface area contributed by atoms with Crippen molar-refractivity contribution in [3.8, 4) is 0 Å². The van der Waals surface area contributed by atoms with E-state index < -0.39 is 0 Å². The first-order chi connectivity index (χ1) is 16.8. The second kappa shape index (κ2) is 11.0. The highest BCUT2D eigenvalue weighted by atomic mass is 32.2. The molecule has 7 nitrogen and oxygen atoms in total. The van der Waals surface area contributed by atoms with Gasteiger partial charge in [-0.25, -0.2) is 4.98 Å². The van der Waals surface area contributed by atoms with Crippen LogP contribution in [-0.4, -0.2) is 58.2 Å². The van der Waals surface area contributed by atoms with Crippen LogP contribution in [-0.2, 0) is 9.59 Å². The Morgan fingerprint density at radius 1 is 1.23 bits per heavy atom. The number of amides is 3. The molecule has 0 spiro atoms. The molecule has 1 saturated heterocycles. The fourth-order valence-corrected chi connectivity index (χ4v) is 6.31. The molecular formula is C26H32N4O3S2. The highest BCUT2D eigenvalue weighted by Crippen LogP contribution is 2.38. The maximum Gasteiger partial charge on any atom is 0.254 e. The van der Waals surface area contributed by atoms with Crippen molar-refractivity contribution < 1.29 is 14.4 Å². The van der Waals surface area contributed by atoms with Crippen molar-refractivity contribution in [3.63, 3.8) is 0 Å². The Labute approximate surface area is 215 Å². The fraction of sp³-hybridized carbons (Fsp3) is 0.462. The van der Waals surface area contributed by atoms with Gasteiger partial charge in [-0.1, -0.05) is 42.7 Å². The van der Waals surface area contributed by atoms with E-state index in [1.54, 1.807) is 18.0 Å². The van der Waals surface area contributed by atoms with Crippen molar-refractivity contribution in [2.24, 2.45) is 5.92 Å². The molecule has 3 amide bonds. The van der Waals surface area contributed by atoms with Gasteiger partial charge in [0.15, 0.2) is 5.13 Å². The molecule has 9 heteroatoms. The Bertz CT molecular complexity index is 1140. The summed E-state index contributed by atoms with van der Waals surface area (Å²) < 4.78 is 0.959. The molecule has 1 aliphatic heterocycles. The highest BCUT2D eigenvalue weighted by molar-refractivity contribution is 8.01. The number of hydrogen-bond donors (Lipinski definition) is 1. The minimum atomic E-state index is -0.0754. The number of anilines is 1. The van der Waals surface area contributed by atoms with Crippen LogP contribution >= 0.6 is 23.1 Å². The first-order valence-electron chi connectivity index (χ1n) is 12.1. The molecule has 1 aromatic heterocycles. The second-order valence-corrected chi connectivity index (χ2v) is 11.6. The molecule has 1 atom stereocenters. The predicted octanol–water partition coefficient (Wildman–Crippen LogP) is 4.90. The van der Waals surface area contributed by atoms with Crippen LogP contribution in [0.25, 0.3) is 0 Å². The first kappa shape index (κ1) is 25.4. The zero-order valence-electron chi connectivity index (χ0n) is 20.5. The van der Waals surface area contributed by atoms with Gasteiger partial charge in [-0.3, -0.25) is 14.4 Å². The average molecular weight is 513 g/mol. The van der Waals surface area contributed by atoms with E-state index in [0.717, 1.165) is 45.9 Å². The van der Waals surface area contributed by atoms with Gasteiger partial charge in [-0.05, 0) is 62.8 Å². The summed E-state index contributed by atoms with van der Waals surface area (Å²) in [5.41, 5.74) is 2.71. The molecule has 186 valence electrons. The Morgan fingerprint density at radius 3 is 2.69 bits per heavy atom. The minimum Gasteiger partial charge on any atom is -0.337 e. The highest BCUT2D eigenvalue weighted by Gasteiger charge is 2.31. The van der Waals surface area contributed by atoms with E-state index in [-0.39, 0.29) is 29.7 Å². The van der Waals surface area contributed by atoms with Gasteiger partial charge in [0.05, 0.1) is 10.4 Å². The largest absolute Gasteiger partial charge is 0.337 e. The third-order valence-corrected chi connectivity index (χ3v) is 8.71. The van der Waals surface area contributed by atoms with Crippen molar-refractivity contribution >= 4 is 46.0 Å². The normalized spacial score (nSPS) is 18.2. The zero-order valence-corrected chi connectivity index (χ0v) is 22.1. The van der Waals surface area contributed by atoms with E-state index in [1.165, 1.54) is 17.4 Å². The van der Waals surface area contributed by atoms with E-state index in [2.05, 4.69) is 22.9 Å². The number of carbonyl (C=O) groups excluding carboxylic acids is 3. The van der Waals surface area contributed by atoms with Gasteiger partial charge in [-0.2, -0.15) is 0 Å². The van der Waals surface area contributed by atoms with Crippen molar-refractivity contribution in [1.29, 1.82) is 0 Å². The predicted molar refractivity (Wildman–Crippen MR) is 140 cm³/mol. The molecule has 2 fully saturated rings. The molecule has 2 heterocycles. The molecule has 2 aromatic rings. The van der Waals surface area contributed by atoms with Gasteiger partial charge in [0.25, 0.3) is 5.91 Å². The molecule has 35 heavy (non-hydrogen) atoms. The van der Waals surface area contributed by atoms with Crippen LogP contribution < -0.4 is 5.32 Å². The first-order valence-corrected chi connectivity index (χ1v) is 13.7. The summed E-state index contributed by atoms with van der Waals surface area (Å²) in [6.45, 7) is 11.4. The summed E-state index contributed by atoms with van der Waals surface area (Å²) >= 11 is 3.01. The summed E-state index contributed by atoms with van der Waals surface area (Å²) in [5, 5.41) is 3.51. The number of nitrogens with zero attached hydrogens (tertiary/aromatic N) is 3. The Hall–Kier alpha value is -2.65. The Kier molecular flexibility index (Phi) is 7.96. The maximum atomic E-state index is 13.6. The van der Waals surface area contributed by atoms with E-state index in [1.807, 2.05) is 36.6 Å². The zero-order chi connectivity index (χ0) is 25.1. The Morgan fingerprint density at radius 2 is 2.00 bits per heavy atom. The van der Waals surface area contributed by atoms with Crippen LogP contribution in [0.15, 0.2) is 40.1 Å². The molecule has 2 aliphatic rings. The summed E-state index contributed by atoms with van der Waals surface area (Å²) in [4.78, 5) is 47.0. The van der Waals surface area contributed by atoms with Crippen molar-refractivity contribution in [3.05, 3.63) is 47.7 Å². The third-order valence-electron chi connectivity index (χ3n) is 6.54. The standard InChI is InChI=1S/C26H32N4O3S2/c1-5-19-15-29(10-7-11-30(19)22(31)6-2)25(33)20-13-21(17(4)12-16(20)3)34-23-14-27-26(35-23)28-24(32)18-8-9-18/h6,12-14,18-19H,2,5,7-11,15H2,1,3-4H3,(H,27,28,32). The molecule has 4 rings (SSSR count). The second-order valence-electron chi connectivity index (χ2n) is 9.19. The van der Waals surface area contributed by atoms with Crippen molar-refractivity contribution in [2.75, 3.05) is 25.0 Å². The van der Waals surface area contributed by atoms with Gasteiger partial charge >= 0.3 is 0 Å². The topological polar surface area (TPSA) is 82.6 Å². The summed E-state index contributed by atoms with van der Waals surface area (Å²) in [7, 11) is 0. The number of nitrogens with one attached hydrogen (secondary N) is 1. The quantitative estimate of drug-likeness (QED) is 0.534. The fourth-order valence-electron chi connectivity index (χ4n) is 4.37. The van der Waals surface area contributed by atoms with Crippen LogP contribution in [0.2, 0.25) is 0 Å². The van der Waals surface area contributed by atoms with Crippen LogP contribution in [0.1, 0.15) is 54.1 Å². The van der Waals surface area contributed by atoms with E-state index in [4.69, 9.17) is 0 Å². The van der Waals surface area contributed by atoms with Crippen LogP contribution in [0.5, 0.6) is 0 Å². The smallest absolute Gasteiger partial charge is 0.254 e. The van der Waals surface area contributed by atoms with Gasteiger partial charge in [-0.15, -0.1) is 0 Å². The van der Waals surface area contributed by atoms with Crippen LogP contribution in [0.3, 0.4) is 0 Å². The van der Waals surface area contributed by atoms with Crippen LogP contribution in [0, 0.1) is 19.8 Å². The lowest BCUT2D eigenvalue weighted by Crippen LogP contribution is -2.44. The monoisotopic (exact) mass is 512 g/mol. The molecule has 1 unspecified atom stereocenters. The number of rotatable bonds is 7. The number of aromatic nitrogens is 1. The lowest BCUT2D eigenvalue weighted by atomic mass is 10.0. The van der Waals surface area contributed by atoms with Gasteiger partial charge in [0.1, 0.15) is 0 Å². The summed E-state index contributed by atoms with van der Waals surface area (Å²) in [6.07, 6.45) is 6.56. The van der Waals surface area contributed by atoms with E-state index >= 15 is 0 Å². The summed E-state index contributed by atoms with van der Waals surface area (Å²) in [5.74, 6) is 0.105. The van der Waals surface area contributed by atoms with Crippen LogP contribution in [0.4, 0.5) is 5.13 Å². The van der Waals surface area contributed by atoms with Gasteiger partial charge in [0.2, 0.25) is 11.8 Å². The number of carbonyl (C=O) groups is 3. The minimum absolute atomic E-state index is 0.00241. The SMILES string of the molecule is C=CC(=O)N1CCCN(C(=O)c2cc(Sc3cnc(NC(=O)C4CC4)s3)c(C)cc2C)CC1CC. The Balaban J connectivity index is 1.51. The number of aryl methyl sites for hydroxylation is 2. The average Bonchev–Trinajstić information content (AvgIpc) is 3.64. The van der Waals surface area contributed by atoms with Gasteiger partial charge in [0, 0.05) is 42.1 Å². The lowest BCUT2D eigenvalue weighted by molar-refractivity contribution is -0.128. The number of benzene rings is 1. The lowest BCUT2D eigenvalue weighted by Gasteiger charge is -2.30. The molecule has 1 N–H and O–H groups in total. The maximum absolute atomic E-state index is 13.6. The molecular weight excluding hydrogens is 480 g/mol. The van der Waals surface area contributed by atoms with Crippen molar-refractivity contribution in [1.82, 2.24) is 14.8 Å². The number of hydrogen-bond acceptors (Lipinski definition) is 6.